The fourth-order valence-corrected chi connectivity index (χ4v) is 1.78. The number of rotatable bonds is 4. The van der Waals surface area contributed by atoms with Gasteiger partial charge >= 0.3 is 0 Å². The van der Waals surface area contributed by atoms with Crippen LogP contribution >= 0.6 is 0 Å². The van der Waals surface area contributed by atoms with Gasteiger partial charge in [-0.3, -0.25) is 4.79 Å². The quantitative estimate of drug-likeness (QED) is 0.901. The van der Waals surface area contributed by atoms with E-state index < -0.39 is 11.7 Å². The average molecular weight is 275 g/mol. The first-order valence-corrected chi connectivity index (χ1v) is 5.99. The van der Waals surface area contributed by atoms with Crippen molar-refractivity contribution in [2.75, 3.05) is 12.4 Å². The molecule has 5 heteroatoms. The average Bonchev–Trinajstić information content (AvgIpc) is 2.47. The molecule has 4 nitrogen and oxygen atoms in total. The highest BCUT2D eigenvalue weighted by Crippen LogP contribution is 2.20. The second-order valence-electron chi connectivity index (χ2n) is 4.12. The SMILES string of the molecule is COc1ccc(C(=O)Nc2ccccc2CO)cc1F. The van der Waals surface area contributed by atoms with Crippen LogP contribution in [0.4, 0.5) is 10.1 Å². The maximum Gasteiger partial charge on any atom is 0.255 e. The molecule has 0 saturated carbocycles. The molecule has 0 aromatic heterocycles. The van der Waals surface area contributed by atoms with Crippen molar-refractivity contribution in [3.05, 3.63) is 59.4 Å². The molecule has 0 aliphatic rings. The van der Waals surface area contributed by atoms with E-state index in [0.717, 1.165) is 6.07 Å². The van der Waals surface area contributed by atoms with Gasteiger partial charge in [-0.25, -0.2) is 4.39 Å². The number of carbonyl (C=O) groups excluding carboxylic acids is 1. The van der Waals surface area contributed by atoms with Crippen LogP contribution in [0.25, 0.3) is 0 Å². The van der Waals surface area contributed by atoms with Crippen molar-refractivity contribution in [1.82, 2.24) is 0 Å². The number of aliphatic hydroxyl groups is 1. The molecule has 2 aromatic rings. The van der Waals surface area contributed by atoms with Crippen LogP contribution in [-0.2, 0) is 6.61 Å². The molecule has 0 saturated heterocycles. The maximum atomic E-state index is 13.6. The molecule has 20 heavy (non-hydrogen) atoms. The standard InChI is InChI=1S/C15H14FNO3/c1-20-14-7-6-10(8-12(14)16)15(19)17-13-5-3-2-4-11(13)9-18/h2-8,18H,9H2,1H3,(H,17,19). The van der Waals surface area contributed by atoms with Crippen LogP contribution in [0.1, 0.15) is 15.9 Å². The molecule has 104 valence electrons. The van der Waals surface area contributed by atoms with Gasteiger partial charge in [0.25, 0.3) is 5.91 Å². The molecule has 2 rings (SSSR count). The van der Waals surface area contributed by atoms with Crippen molar-refractivity contribution in [3.63, 3.8) is 0 Å². The van der Waals surface area contributed by atoms with Crippen LogP contribution in [0.15, 0.2) is 42.5 Å². The third-order valence-corrected chi connectivity index (χ3v) is 2.85. The number of aliphatic hydroxyl groups excluding tert-OH is 1. The number of anilines is 1. The lowest BCUT2D eigenvalue weighted by Gasteiger charge is -2.10. The number of nitrogens with one attached hydrogen (secondary N) is 1. The van der Waals surface area contributed by atoms with Crippen LogP contribution in [0, 0.1) is 5.82 Å². The molecule has 0 unspecified atom stereocenters. The molecule has 0 atom stereocenters. The van der Waals surface area contributed by atoms with Crippen molar-refractivity contribution in [1.29, 1.82) is 0 Å². The van der Waals surface area contributed by atoms with Gasteiger partial charge in [-0.1, -0.05) is 18.2 Å². The van der Waals surface area contributed by atoms with Gasteiger partial charge in [0.05, 0.1) is 13.7 Å². The van der Waals surface area contributed by atoms with Crippen LogP contribution in [-0.4, -0.2) is 18.1 Å². The summed E-state index contributed by atoms with van der Waals surface area (Å²) in [5.74, 6) is -0.972. The van der Waals surface area contributed by atoms with E-state index in [4.69, 9.17) is 4.74 Å². The molecule has 1 amide bonds. The second-order valence-corrected chi connectivity index (χ2v) is 4.12. The van der Waals surface area contributed by atoms with Crippen LogP contribution in [0.3, 0.4) is 0 Å². The molecule has 0 fully saturated rings. The predicted octanol–water partition coefficient (Wildman–Crippen LogP) is 2.58. The van der Waals surface area contributed by atoms with E-state index in [1.54, 1.807) is 24.3 Å². The van der Waals surface area contributed by atoms with Crippen molar-refractivity contribution in [2.24, 2.45) is 0 Å². The first kappa shape index (κ1) is 14.0. The Kier molecular flexibility index (Phi) is 4.32. The van der Waals surface area contributed by atoms with E-state index in [9.17, 15) is 14.3 Å². The number of hydrogen-bond donors (Lipinski definition) is 2. The Balaban J connectivity index is 2.22. The number of ether oxygens (including phenoxy) is 1. The summed E-state index contributed by atoms with van der Waals surface area (Å²) in [5.41, 5.74) is 1.27. The van der Waals surface area contributed by atoms with Gasteiger partial charge in [0, 0.05) is 16.8 Å². The Hall–Kier alpha value is -2.40. The van der Waals surface area contributed by atoms with Gasteiger partial charge in [-0.15, -0.1) is 0 Å². The summed E-state index contributed by atoms with van der Waals surface area (Å²) in [6.07, 6.45) is 0. The third-order valence-electron chi connectivity index (χ3n) is 2.85. The highest BCUT2D eigenvalue weighted by Gasteiger charge is 2.11. The lowest BCUT2D eigenvalue weighted by Crippen LogP contribution is -2.13. The molecule has 0 aliphatic carbocycles. The fraction of sp³-hybridized carbons (Fsp3) is 0.133. The Morgan fingerprint density at radius 1 is 1.30 bits per heavy atom. The summed E-state index contributed by atoms with van der Waals surface area (Å²) in [6, 6.07) is 10.8. The van der Waals surface area contributed by atoms with E-state index in [2.05, 4.69) is 5.32 Å². The molecule has 0 spiro atoms. The van der Waals surface area contributed by atoms with Crippen LogP contribution < -0.4 is 10.1 Å². The number of amides is 1. The zero-order valence-corrected chi connectivity index (χ0v) is 10.9. The molecule has 0 heterocycles. The molecule has 2 aromatic carbocycles. The fourth-order valence-electron chi connectivity index (χ4n) is 1.78. The summed E-state index contributed by atoms with van der Waals surface area (Å²) < 4.78 is 18.3. The van der Waals surface area contributed by atoms with Crippen molar-refractivity contribution >= 4 is 11.6 Å². The molecule has 0 aliphatic heterocycles. The smallest absolute Gasteiger partial charge is 0.255 e. The first-order valence-electron chi connectivity index (χ1n) is 5.99. The van der Waals surface area contributed by atoms with Crippen molar-refractivity contribution < 1.29 is 19.0 Å². The van der Waals surface area contributed by atoms with E-state index in [0.29, 0.717) is 11.3 Å². The Morgan fingerprint density at radius 2 is 2.05 bits per heavy atom. The summed E-state index contributed by atoms with van der Waals surface area (Å²) in [7, 11) is 1.36. The maximum absolute atomic E-state index is 13.6. The van der Waals surface area contributed by atoms with E-state index in [1.807, 2.05) is 0 Å². The van der Waals surface area contributed by atoms with Gasteiger partial charge in [-0.05, 0) is 24.3 Å². The van der Waals surface area contributed by atoms with E-state index >= 15 is 0 Å². The number of halogens is 1. The molecule has 0 bridgehead atoms. The molecule has 2 N–H and O–H groups in total. The van der Waals surface area contributed by atoms with Crippen molar-refractivity contribution in [2.45, 2.75) is 6.61 Å². The van der Waals surface area contributed by atoms with Gasteiger partial charge in [0.15, 0.2) is 11.6 Å². The number of benzene rings is 2. The highest BCUT2D eigenvalue weighted by atomic mass is 19.1. The minimum absolute atomic E-state index is 0.0808. The summed E-state index contributed by atoms with van der Waals surface area (Å²) in [6.45, 7) is -0.187. The zero-order valence-electron chi connectivity index (χ0n) is 10.9. The first-order chi connectivity index (χ1) is 9.65. The Labute approximate surface area is 115 Å². The van der Waals surface area contributed by atoms with E-state index in [-0.39, 0.29) is 17.9 Å². The van der Waals surface area contributed by atoms with Crippen LogP contribution in [0.2, 0.25) is 0 Å². The monoisotopic (exact) mass is 275 g/mol. The molecule has 0 radical (unpaired) electrons. The summed E-state index contributed by atoms with van der Waals surface area (Å²) in [5, 5.41) is 11.8. The van der Waals surface area contributed by atoms with Gasteiger partial charge in [0.2, 0.25) is 0 Å². The number of hydrogen-bond acceptors (Lipinski definition) is 3. The zero-order chi connectivity index (χ0) is 14.5. The lowest BCUT2D eigenvalue weighted by atomic mass is 10.1. The lowest BCUT2D eigenvalue weighted by molar-refractivity contribution is 0.102. The summed E-state index contributed by atoms with van der Waals surface area (Å²) >= 11 is 0. The Bertz CT molecular complexity index is 628. The normalized spacial score (nSPS) is 10.2. The van der Waals surface area contributed by atoms with Crippen molar-refractivity contribution in [3.8, 4) is 5.75 Å². The van der Waals surface area contributed by atoms with Gasteiger partial charge < -0.3 is 15.2 Å². The summed E-state index contributed by atoms with van der Waals surface area (Å²) in [4.78, 5) is 12.0. The minimum atomic E-state index is -0.601. The van der Waals surface area contributed by atoms with Crippen LogP contribution in [0.5, 0.6) is 5.75 Å². The molecular weight excluding hydrogens is 261 g/mol. The third kappa shape index (κ3) is 2.95. The second kappa shape index (κ2) is 6.16. The number of methoxy groups -OCH3 is 1. The Morgan fingerprint density at radius 3 is 2.70 bits per heavy atom. The molecular formula is C15H14FNO3. The highest BCUT2D eigenvalue weighted by molar-refractivity contribution is 6.04. The largest absolute Gasteiger partial charge is 0.494 e. The minimum Gasteiger partial charge on any atom is -0.494 e. The predicted molar refractivity (Wildman–Crippen MR) is 73.3 cm³/mol. The number of carbonyl (C=O) groups is 1. The van der Waals surface area contributed by atoms with Gasteiger partial charge in [-0.2, -0.15) is 0 Å². The van der Waals surface area contributed by atoms with E-state index in [1.165, 1.54) is 19.2 Å². The number of para-hydroxylation sites is 1. The topological polar surface area (TPSA) is 58.6 Å². The van der Waals surface area contributed by atoms with Gasteiger partial charge in [0.1, 0.15) is 0 Å².